The van der Waals surface area contributed by atoms with Crippen LogP contribution in [0, 0.1) is 12.8 Å². The average Bonchev–Trinajstić information content (AvgIpc) is 3.43. The van der Waals surface area contributed by atoms with Crippen LogP contribution in [0.3, 0.4) is 0 Å². The molecule has 2 aromatic carbocycles. The Bertz CT molecular complexity index is 1520. The van der Waals surface area contributed by atoms with Crippen molar-refractivity contribution in [3.8, 4) is 0 Å². The van der Waals surface area contributed by atoms with Gasteiger partial charge < -0.3 is 9.47 Å². The second-order valence-corrected chi connectivity index (χ2v) is 11.7. The number of likely N-dealkylation sites (tertiary alicyclic amines) is 1. The van der Waals surface area contributed by atoms with Gasteiger partial charge in [0.15, 0.2) is 0 Å². The van der Waals surface area contributed by atoms with Crippen LogP contribution in [0.25, 0.3) is 0 Å². The molecule has 3 unspecified atom stereocenters. The summed E-state index contributed by atoms with van der Waals surface area (Å²) in [6.45, 7) is 9.90. The molecule has 216 valence electrons. The third kappa shape index (κ3) is 5.00. The molecule has 0 saturated carbocycles. The van der Waals surface area contributed by atoms with Crippen LogP contribution < -0.4 is 4.90 Å². The van der Waals surface area contributed by atoms with E-state index in [-0.39, 0.29) is 11.3 Å². The van der Waals surface area contributed by atoms with Gasteiger partial charge in [-0.3, -0.25) is 14.5 Å². The zero-order valence-electron chi connectivity index (χ0n) is 23.6. The molecule has 5 rings (SSSR count). The number of alkyl halides is 3. The van der Waals surface area contributed by atoms with Crippen molar-refractivity contribution in [3.63, 3.8) is 0 Å². The SMILES string of the molecule is CC1=C(C)C(O/C=C2/C(=O)N(C(=O)OC(C)(C)C)C3c4ccccc4CC23)N(c2cc(C)cc(C(F)(F)F)c2)C1=O. The summed E-state index contributed by atoms with van der Waals surface area (Å²) in [7, 11) is 0. The summed E-state index contributed by atoms with van der Waals surface area (Å²) < 4.78 is 52.4. The minimum Gasteiger partial charge on any atom is -0.473 e. The number of carbonyl (C=O) groups excluding carboxylic acids is 3. The van der Waals surface area contributed by atoms with Gasteiger partial charge in [0.25, 0.3) is 11.8 Å². The third-order valence-electron chi connectivity index (χ3n) is 7.66. The molecule has 10 heteroatoms. The van der Waals surface area contributed by atoms with Crippen LogP contribution in [-0.4, -0.2) is 34.6 Å². The predicted molar refractivity (Wildman–Crippen MR) is 144 cm³/mol. The standard InChI is InChI=1S/C31H31F3N2O5/c1-16-11-20(31(32,33)34)14-21(12-16)35-26(37)17(2)18(3)28(35)40-15-24-23-13-19-9-7-8-10-22(19)25(23)36(27(24)38)29(39)41-30(4,5)6/h7-12,14-15,23,25,28H,13H2,1-6H3/b24-15+. The fraction of sp³-hybridized carbons (Fsp3) is 0.387. The van der Waals surface area contributed by atoms with E-state index in [1.165, 1.54) is 19.3 Å². The number of hydrogen-bond donors (Lipinski definition) is 0. The van der Waals surface area contributed by atoms with E-state index in [2.05, 4.69) is 0 Å². The highest BCUT2D eigenvalue weighted by molar-refractivity contribution is 6.09. The number of rotatable bonds is 3. The first-order valence-electron chi connectivity index (χ1n) is 13.3. The van der Waals surface area contributed by atoms with Crippen molar-refractivity contribution in [3.05, 3.63) is 87.7 Å². The summed E-state index contributed by atoms with van der Waals surface area (Å²) >= 11 is 0. The van der Waals surface area contributed by atoms with Crippen molar-refractivity contribution in [2.24, 2.45) is 5.92 Å². The molecule has 3 aliphatic rings. The third-order valence-corrected chi connectivity index (χ3v) is 7.66. The van der Waals surface area contributed by atoms with Crippen molar-refractivity contribution in [2.75, 3.05) is 4.90 Å². The highest BCUT2D eigenvalue weighted by atomic mass is 19.4. The fourth-order valence-electron chi connectivity index (χ4n) is 5.70. The highest BCUT2D eigenvalue weighted by Crippen LogP contribution is 2.50. The number of amides is 3. The molecule has 3 amide bonds. The normalized spacial score (nSPS) is 23.4. The molecule has 1 fully saturated rings. The predicted octanol–water partition coefficient (Wildman–Crippen LogP) is 6.61. The van der Waals surface area contributed by atoms with E-state index in [0.29, 0.717) is 23.1 Å². The van der Waals surface area contributed by atoms with Crippen molar-refractivity contribution < 1.29 is 37.0 Å². The van der Waals surface area contributed by atoms with Crippen LogP contribution in [0.5, 0.6) is 0 Å². The number of imide groups is 1. The fourth-order valence-corrected chi connectivity index (χ4v) is 5.70. The molecule has 0 N–H and O–H groups in total. The number of fused-ring (bicyclic) bond motifs is 3. The van der Waals surface area contributed by atoms with E-state index in [1.807, 2.05) is 24.3 Å². The summed E-state index contributed by atoms with van der Waals surface area (Å²) in [4.78, 5) is 42.4. The Balaban J connectivity index is 1.52. The van der Waals surface area contributed by atoms with Crippen LogP contribution in [0.4, 0.5) is 23.7 Å². The number of nitrogens with zero attached hydrogens (tertiary/aromatic N) is 2. The van der Waals surface area contributed by atoms with Gasteiger partial charge in [-0.15, -0.1) is 0 Å². The first kappa shape index (κ1) is 28.4. The zero-order chi connectivity index (χ0) is 30.0. The smallest absolute Gasteiger partial charge is 0.417 e. The monoisotopic (exact) mass is 568 g/mol. The van der Waals surface area contributed by atoms with E-state index in [4.69, 9.17) is 9.47 Å². The topological polar surface area (TPSA) is 76.2 Å². The average molecular weight is 569 g/mol. The summed E-state index contributed by atoms with van der Waals surface area (Å²) in [5.41, 5.74) is 1.52. The maximum atomic E-state index is 13.7. The Morgan fingerprint density at radius 2 is 1.68 bits per heavy atom. The molecule has 0 bridgehead atoms. The highest BCUT2D eigenvalue weighted by Gasteiger charge is 2.53. The second-order valence-electron chi connectivity index (χ2n) is 11.7. The van der Waals surface area contributed by atoms with Crippen molar-refractivity contribution in [2.45, 2.75) is 72.0 Å². The molecular formula is C31H31F3N2O5. The number of ether oxygens (including phenoxy) is 2. The van der Waals surface area contributed by atoms with Gasteiger partial charge in [-0.1, -0.05) is 24.3 Å². The summed E-state index contributed by atoms with van der Waals surface area (Å²) in [6.07, 6.45) is -4.73. The summed E-state index contributed by atoms with van der Waals surface area (Å²) in [5.74, 6) is -1.49. The molecule has 41 heavy (non-hydrogen) atoms. The van der Waals surface area contributed by atoms with Gasteiger partial charge in [-0.2, -0.15) is 13.2 Å². The van der Waals surface area contributed by atoms with Gasteiger partial charge >= 0.3 is 12.3 Å². The van der Waals surface area contributed by atoms with Gasteiger partial charge in [0.1, 0.15) is 5.60 Å². The molecule has 7 nitrogen and oxygen atoms in total. The lowest BCUT2D eigenvalue weighted by atomic mass is 9.97. The van der Waals surface area contributed by atoms with Crippen LogP contribution in [-0.2, 0) is 31.7 Å². The van der Waals surface area contributed by atoms with Gasteiger partial charge in [0.2, 0.25) is 6.23 Å². The summed E-state index contributed by atoms with van der Waals surface area (Å²) in [6, 6.07) is 10.4. The maximum absolute atomic E-state index is 13.7. The lowest BCUT2D eigenvalue weighted by molar-refractivity contribution is -0.137. The number of benzene rings is 2. The quantitative estimate of drug-likeness (QED) is 0.308. The lowest BCUT2D eigenvalue weighted by Crippen LogP contribution is -2.39. The maximum Gasteiger partial charge on any atom is 0.417 e. The van der Waals surface area contributed by atoms with Gasteiger partial charge in [0.05, 0.1) is 23.4 Å². The number of halogens is 3. The molecule has 0 aromatic heterocycles. The van der Waals surface area contributed by atoms with E-state index in [9.17, 15) is 27.6 Å². The molecule has 0 radical (unpaired) electrons. The first-order valence-corrected chi connectivity index (χ1v) is 13.3. The van der Waals surface area contributed by atoms with Crippen molar-refractivity contribution >= 4 is 23.6 Å². The zero-order valence-corrected chi connectivity index (χ0v) is 23.6. The molecule has 1 saturated heterocycles. The Kier molecular flexibility index (Phi) is 6.79. The molecular weight excluding hydrogens is 537 g/mol. The minimum absolute atomic E-state index is 0.0289. The number of hydrogen-bond acceptors (Lipinski definition) is 5. The van der Waals surface area contributed by atoms with E-state index < -0.39 is 53.4 Å². The Hall–Kier alpha value is -4.08. The van der Waals surface area contributed by atoms with E-state index >= 15 is 0 Å². The molecule has 0 spiro atoms. The number of aryl methyl sites for hydroxylation is 1. The van der Waals surface area contributed by atoms with E-state index in [1.54, 1.807) is 34.6 Å². The van der Waals surface area contributed by atoms with Gasteiger partial charge in [-0.05, 0) is 88.4 Å². The van der Waals surface area contributed by atoms with Crippen molar-refractivity contribution in [1.82, 2.24) is 4.90 Å². The minimum atomic E-state index is -4.60. The van der Waals surface area contributed by atoms with Gasteiger partial charge in [0, 0.05) is 17.2 Å². The largest absolute Gasteiger partial charge is 0.473 e. The van der Waals surface area contributed by atoms with Crippen LogP contribution in [0.15, 0.2) is 65.4 Å². The molecule has 2 aliphatic heterocycles. The van der Waals surface area contributed by atoms with Gasteiger partial charge in [-0.25, -0.2) is 9.69 Å². The Labute approximate surface area is 236 Å². The van der Waals surface area contributed by atoms with E-state index in [0.717, 1.165) is 33.1 Å². The molecule has 3 atom stereocenters. The molecule has 2 heterocycles. The lowest BCUT2D eigenvalue weighted by Gasteiger charge is -2.27. The molecule has 1 aliphatic carbocycles. The number of anilines is 1. The second kappa shape index (κ2) is 9.78. The van der Waals surface area contributed by atoms with Crippen molar-refractivity contribution in [1.29, 1.82) is 0 Å². The summed E-state index contributed by atoms with van der Waals surface area (Å²) in [5, 5.41) is 0. The van der Waals surface area contributed by atoms with Crippen LogP contribution in [0.1, 0.15) is 62.9 Å². The Morgan fingerprint density at radius 3 is 2.34 bits per heavy atom. The van der Waals surface area contributed by atoms with Crippen LogP contribution >= 0.6 is 0 Å². The van der Waals surface area contributed by atoms with Crippen LogP contribution in [0.2, 0.25) is 0 Å². The first-order chi connectivity index (χ1) is 19.1. The number of carbonyl (C=O) groups is 3. The Morgan fingerprint density at radius 1 is 1.00 bits per heavy atom. The molecule has 2 aromatic rings.